The van der Waals surface area contributed by atoms with E-state index in [0.717, 1.165) is 44.2 Å². The Morgan fingerprint density at radius 3 is 2.15 bits per heavy atom. The number of nitrogens with zero attached hydrogens (tertiary/aromatic N) is 1. The van der Waals surface area contributed by atoms with E-state index in [2.05, 4.69) is 16.1 Å². The van der Waals surface area contributed by atoms with Crippen molar-refractivity contribution < 1.29 is 13.2 Å². The highest BCUT2D eigenvalue weighted by molar-refractivity contribution is 7.90. The SMILES string of the molecule is CN(C)CC(C)(C)CS(=O)(=O)NC(=O)Nc1c2c(cc3c1CCC3)CCC2. The number of fused-ring (bicyclic) bond motifs is 2. The number of hydrogen-bond donors (Lipinski definition) is 2. The number of rotatable bonds is 6. The number of nitrogens with one attached hydrogen (secondary N) is 2. The van der Waals surface area contributed by atoms with Crippen molar-refractivity contribution in [1.29, 1.82) is 0 Å². The summed E-state index contributed by atoms with van der Waals surface area (Å²) in [6.45, 7) is 4.40. The number of urea groups is 1. The van der Waals surface area contributed by atoms with Crippen LogP contribution in [0.4, 0.5) is 10.5 Å². The van der Waals surface area contributed by atoms with Crippen LogP contribution in [0.15, 0.2) is 6.07 Å². The summed E-state index contributed by atoms with van der Waals surface area (Å²) in [6, 6.07) is 1.64. The molecule has 0 unspecified atom stereocenters. The fourth-order valence-electron chi connectivity index (χ4n) is 4.70. The molecule has 0 fully saturated rings. The van der Waals surface area contributed by atoms with E-state index in [0.29, 0.717) is 6.54 Å². The monoisotopic (exact) mass is 393 g/mol. The van der Waals surface area contributed by atoms with Gasteiger partial charge in [-0.2, -0.15) is 0 Å². The van der Waals surface area contributed by atoms with Crippen molar-refractivity contribution >= 4 is 21.7 Å². The summed E-state index contributed by atoms with van der Waals surface area (Å²) in [5, 5.41) is 2.89. The van der Waals surface area contributed by atoms with Crippen molar-refractivity contribution in [1.82, 2.24) is 9.62 Å². The average molecular weight is 394 g/mol. The lowest BCUT2D eigenvalue weighted by Crippen LogP contribution is -2.42. The average Bonchev–Trinajstić information content (AvgIpc) is 3.11. The number of carbonyl (C=O) groups excluding carboxylic acids is 1. The van der Waals surface area contributed by atoms with Gasteiger partial charge in [0, 0.05) is 12.2 Å². The Balaban J connectivity index is 1.74. The van der Waals surface area contributed by atoms with Gasteiger partial charge in [-0.25, -0.2) is 17.9 Å². The third-order valence-electron chi connectivity index (χ3n) is 5.28. The molecule has 0 atom stereocenters. The van der Waals surface area contributed by atoms with E-state index in [-0.39, 0.29) is 5.75 Å². The molecule has 0 bridgehead atoms. The summed E-state index contributed by atoms with van der Waals surface area (Å²) < 4.78 is 27.2. The van der Waals surface area contributed by atoms with Crippen molar-refractivity contribution in [2.45, 2.75) is 52.4 Å². The maximum Gasteiger partial charge on any atom is 0.332 e. The maximum atomic E-state index is 12.5. The normalized spacial score (nSPS) is 16.3. The standard InChI is InChI=1S/C20H31N3O3S/c1-20(2,12-23(3)4)13-27(25,26)22-19(24)21-18-16-9-5-7-14(16)11-15-8-6-10-17(15)18/h11H,5-10,12-13H2,1-4H3,(H2,21,22,24). The lowest BCUT2D eigenvalue weighted by atomic mass is 9.96. The van der Waals surface area contributed by atoms with Gasteiger partial charge in [-0.15, -0.1) is 0 Å². The highest BCUT2D eigenvalue weighted by Crippen LogP contribution is 2.38. The van der Waals surface area contributed by atoms with E-state index in [4.69, 9.17) is 0 Å². The molecule has 2 aliphatic carbocycles. The van der Waals surface area contributed by atoms with Gasteiger partial charge in [0.1, 0.15) is 0 Å². The second-order valence-corrected chi connectivity index (χ2v) is 10.7. The molecule has 2 amide bonds. The summed E-state index contributed by atoms with van der Waals surface area (Å²) in [7, 11) is 0.0945. The van der Waals surface area contributed by atoms with Crippen molar-refractivity contribution in [3.05, 3.63) is 28.3 Å². The molecule has 1 aromatic carbocycles. The molecular formula is C20H31N3O3S. The van der Waals surface area contributed by atoms with Gasteiger partial charge in [-0.1, -0.05) is 19.9 Å². The highest BCUT2D eigenvalue weighted by Gasteiger charge is 2.29. The van der Waals surface area contributed by atoms with Crippen molar-refractivity contribution in [3.8, 4) is 0 Å². The third-order valence-corrected chi connectivity index (χ3v) is 6.94. The van der Waals surface area contributed by atoms with Gasteiger partial charge in [0.2, 0.25) is 10.0 Å². The molecule has 0 saturated carbocycles. The van der Waals surface area contributed by atoms with Crippen LogP contribution in [0.5, 0.6) is 0 Å². The Hall–Kier alpha value is -1.60. The Bertz CT molecular complexity index is 812. The quantitative estimate of drug-likeness (QED) is 0.779. The van der Waals surface area contributed by atoms with Crippen LogP contribution < -0.4 is 10.0 Å². The highest BCUT2D eigenvalue weighted by atomic mass is 32.2. The first-order valence-electron chi connectivity index (χ1n) is 9.69. The van der Waals surface area contributed by atoms with Crippen LogP contribution in [0.25, 0.3) is 0 Å². The van der Waals surface area contributed by atoms with Crippen molar-refractivity contribution in [2.75, 3.05) is 31.7 Å². The van der Waals surface area contributed by atoms with Crippen LogP contribution in [0.1, 0.15) is 48.9 Å². The van der Waals surface area contributed by atoms with Gasteiger partial charge in [-0.3, -0.25) is 0 Å². The van der Waals surface area contributed by atoms with Gasteiger partial charge in [-0.05, 0) is 80.3 Å². The van der Waals surface area contributed by atoms with Gasteiger partial charge in [0.15, 0.2) is 0 Å². The number of amides is 2. The second kappa shape index (κ2) is 7.43. The van der Waals surface area contributed by atoms with E-state index in [1.165, 1.54) is 22.3 Å². The molecule has 150 valence electrons. The lowest BCUT2D eigenvalue weighted by molar-refractivity contribution is 0.255. The van der Waals surface area contributed by atoms with Crippen molar-refractivity contribution in [3.63, 3.8) is 0 Å². The smallest absolute Gasteiger partial charge is 0.309 e. The van der Waals surface area contributed by atoms with Gasteiger partial charge >= 0.3 is 6.03 Å². The van der Waals surface area contributed by atoms with Gasteiger partial charge in [0.05, 0.1) is 5.75 Å². The topological polar surface area (TPSA) is 78.5 Å². The molecular weight excluding hydrogens is 362 g/mol. The molecule has 0 radical (unpaired) electrons. The number of hydrogen-bond acceptors (Lipinski definition) is 4. The molecule has 27 heavy (non-hydrogen) atoms. The molecule has 0 aliphatic heterocycles. The molecule has 0 spiro atoms. The van der Waals surface area contributed by atoms with Crippen molar-refractivity contribution in [2.24, 2.45) is 5.41 Å². The molecule has 6 nitrogen and oxygen atoms in total. The van der Waals surface area contributed by atoms with Crippen LogP contribution in [-0.4, -0.2) is 45.7 Å². The number of anilines is 1. The summed E-state index contributed by atoms with van der Waals surface area (Å²) in [6.07, 6.45) is 6.14. The molecule has 0 heterocycles. The van der Waals surface area contributed by atoms with E-state index in [9.17, 15) is 13.2 Å². The molecule has 3 rings (SSSR count). The Morgan fingerprint density at radius 1 is 1.07 bits per heavy atom. The Kier molecular flexibility index (Phi) is 5.54. The summed E-state index contributed by atoms with van der Waals surface area (Å²) >= 11 is 0. The first-order valence-corrected chi connectivity index (χ1v) is 11.3. The Labute approximate surface area is 162 Å². The molecule has 7 heteroatoms. The molecule has 2 aliphatic rings. The lowest BCUT2D eigenvalue weighted by Gasteiger charge is -2.27. The van der Waals surface area contributed by atoms with Crippen LogP contribution in [0.2, 0.25) is 0 Å². The third kappa shape index (κ3) is 4.82. The fourth-order valence-corrected chi connectivity index (χ4v) is 6.23. The molecule has 0 aromatic heterocycles. The van der Waals surface area contributed by atoms with E-state index < -0.39 is 21.5 Å². The first kappa shape index (κ1) is 20.1. The van der Waals surface area contributed by atoms with Crippen LogP contribution in [0, 0.1) is 5.41 Å². The van der Waals surface area contributed by atoms with Crippen LogP contribution in [0.3, 0.4) is 0 Å². The molecule has 1 aromatic rings. The minimum Gasteiger partial charge on any atom is -0.309 e. The maximum absolute atomic E-state index is 12.5. The number of benzene rings is 1. The van der Waals surface area contributed by atoms with E-state index >= 15 is 0 Å². The number of carbonyl (C=O) groups is 1. The van der Waals surface area contributed by atoms with Gasteiger partial charge < -0.3 is 10.2 Å². The predicted molar refractivity (Wildman–Crippen MR) is 109 cm³/mol. The minimum absolute atomic E-state index is 0.101. The second-order valence-electron chi connectivity index (χ2n) is 8.95. The molecule has 2 N–H and O–H groups in total. The summed E-state index contributed by atoms with van der Waals surface area (Å²) in [4.78, 5) is 14.5. The zero-order valence-corrected chi connectivity index (χ0v) is 17.6. The predicted octanol–water partition coefficient (Wildman–Crippen LogP) is 2.70. The zero-order valence-electron chi connectivity index (χ0n) is 16.8. The Morgan fingerprint density at radius 2 is 1.63 bits per heavy atom. The summed E-state index contributed by atoms with van der Waals surface area (Å²) in [5.41, 5.74) is 5.40. The fraction of sp³-hybridized carbons (Fsp3) is 0.650. The van der Waals surface area contributed by atoms with E-state index in [1.54, 1.807) is 0 Å². The zero-order chi connectivity index (χ0) is 19.8. The number of sulfonamides is 1. The summed E-state index contributed by atoms with van der Waals surface area (Å²) in [5.74, 6) is -0.101. The minimum atomic E-state index is -3.72. The van der Waals surface area contributed by atoms with Crippen LogP contribution >= 0.6 is 0 Å². The van der Waals surface area contributed by atoms with Crippen LogP contribution in [-0.2, 0) is 35.7 Å². The first-order chi connectivity index (χ1) is 12.6. The van der Waals surface area contributed by atoms with E-state index in [1.807, 2.05) is 32.8 Å². The molecule has 0 saturated heterocycles. The largest absolute Gasteiger partial charge is 0.332 e. The number of aryl methyl sites for hydroxylation is 2. The van der Waals surface area contributed by atoms with Gasteiger partial charge in [0.25, 0.3) is 0 Å².